The molecule has 118 valence electrons. The molecule has 5 heteroatoms. The summed E-state index contributed by atoms with van der Waals surface area (Å²) in [5.41, 5.74) is 7.30. The van der Waals surface area contributed by atoms with E-state index >= 15 is 0 Å². The van der Waals surface area contributed by atoms with Gasteiger partial charge in [-0.25, -0.2) is 4.79 Å². The lowest BCUT2D eigenvalue weighted by atomic mass is 10.1. The number of fused-ring (bicyclic) bond motifs is 1. The average Bonchev–Trinajstić information content (AvgIpc) is 2.55. The van der Waals surface area contributed by atoms with Crippen LogP contribution in [0.25, 0.3) is 10.9 Å². The van der Waals surface area contributed by atoms with Gasteiger partial charge in [0.15, 0.2) is 0 Å². The Balaban J connectivity index is 1.97. The zero-order chi connectivity index (χ0) is 16.2. The molecule has 0 saturated carbocycles. The van der Waals surface area contributed by atoms with Crippen molar-refractivity contribution in [3.05, 3.63) is 64.5 Å². The number of hydrogen-bond acceptors (Lipinski definition) is 5. The largest absolute Gasteiger partial charge is 0.442 e. The highest BCUT2D eigenvalue weighted by molar-refractivity contribution is 5.80. The van der Waals surface area contributed by atoms with Crippen LogP contribution in [-0.4, -0.2) is 4.98 Å². The van der Waals surface area contributed by atoms with Crippen molar-refractivity contribution in [2.24, 2.45) is 0 Å². The Morgan fingerprint density at radius 1 is 1.22 bits per heavy atom. The summed E-state index contributed by atoms with van der Waals surface area (Å²) in [6, 6.07) is 14.7. The van der Waals surface area contributed by atoms with E-state index in [9.17, 15) is 4.79 Å². The molecule has 2 N–H and O–H groups in total. The Bertz CT molecular complexity index is 859. The quantitative estimate of drug-likeness (QED) is 0.727. The lowest BCUT2D eigenvalue weighted by Gasteiger charge is -2.17. The third kappa shape index (κ3) is 3.34. The molecule has 0 aliphatic rings. The average molecular weight is 310 g/mol. The second kappa shape index (κ2) is 6.52. The SMILES string of the molecule is CCCC(Oc1nc2cc(N)ccc2c(=O)o1)c1ccccc1. The highest BCUT2D eigenvalue weighted by atomic mass is 16.6. The van der Waals surface area contributed by atoms with Gasteiger partial charge in [-0.1, -0.05) is 43.7 Å². The maximum atomic E-state index is 12.1. The third-order valence-corrected chi connectivity index (χ3v) is 3.60. The van der Waals surface area contributed by atoms with E-state index in [-0.39, 0.29) is 12.2 Å². The monoisotopic (exact) mass is 310 g/mol. The number of nitrogens with two attached hydrogens (primary N) is 1. The van der Waals surface area contributed by atoms with Gasteiger partial charge in [0.1, 0.15) is 6.10 Å². The summed E-state index contributed by atoms with van der Waals surface area (Å²) in [6.07, 6.45) is 1.49. The van der Waals surface area contributed by atoms with E-state index in [0.717, 1.165) is 18.4 Å². The molecule has 0 saturated heterocycles. The van der Waals surface area contributed by atoms with Crippen LogP contribution in [0.4, 0.5) is 5.69 Å². The van der Waals surface area contributed by atoms with Crippen LogP contribution in [0, 0.1) is 0 Å². The Morgan fingerprint density at radius 2 is 2.00 bits per heavy atom. The number of nitrogen functional groups attached to an aromatic ring is 1. The van der Waals surface area contributed by atoms with Gasteiger partial charge in [0.25, 0.3) is 0 Å². The number of hydrogen-bond donors (Lipinski definition) is 1. The first-order valence-corrected chi connectivity index (χ1v) is 7.59. The molecular formula is C18H18N2O3. The van der Waals surface area contributed by atoms with Crippen LogP contribution >= 0.6 is 0 Å². The van der Waals surface area contributed by atoms with Crippen molar-refractivity contribution in [2.75, 3.05) is 5.73 Å². The Morgan fingerprint density at radius 3 is 2.74 bits per heavy atom. The van der Waals surface area contributed by atoms with Crippen LogP contribution in [0.1, 0.15) is 31.4 Å². The molecule has 0 spiro atoms. The van der Waals surface area contributed by atoms with Crippen molar-refractivity contribution in [3.8, 4) is 6.08 Å². The second-order valence-electron chi connectivity index (χ2n) is 5.35. The van der Waals surface area contributed by atoms with E-state index in [1.54, 1.807) is 18.2 Å². The van der Waals surface area contributed by atoms with Gasteiger partial charge in [-0.15, -0.1) is 0 Å². The minimum absolute atomic E-state index is 0.0320. The fourth-order valence-corrected chi connectivity index (χ4v) is 2.46. The number of anilines is 1. The minimum atomic E-state index is -0.478. The van der Waals surface area contributed by atoms with Crippen LogP contribution in [0.15, 0.2) is 57.7 Å². The molecule has 1 atom stereocenters. The first kappa shape index (κ1) is 15.1. The van der Waals surface area contributed by atoms with Gasteiger partial charge < -0.3 is 14.9 Å². The van der Waals surface area contributed by atoms with Gasteiger partial charge in [0.05, 0.1) is 10.9 Å². The van der Waals surface area contributed by atoms with Crippen molar-refractivity contribution in [3.63, 3.8) is 0 Å². The highest BCUT2D eigenvalue weighted by Gasteiger charge is 2.16. The Kier molecular flexibility index (Phi) is 4.28. The summed E-state index contributed by atoms with van der Waals surface area (Å²) < 4.78 is 11.1. The van der Waals surface area contributed by atoms with Gasteiger partial charge in [-0.2, -0.15) is 4.98 Å². The molecule has 23 heavy (non-hydrogen) atoms. The Labute approximate surface area is 133 Å². The zero-order valence-corrected chi connectivity index (χ0v) is 12.9. The molecule has 0 aliphatic heterocycles. The van der Waals surface area contributed by atoms with Gasteiger partial charge in [0.2, 0.25) is 0 Å². The normalized spacial score (nSPS) is 12.2. The summed E-state index contributed by atoms with van der Waals surface area (Å²) in [5, 5.41) is 0.387. The van der Waals surface area contributed by atoms with Crippen LogP contribution in [-0.2, 0) is 0 Å². The molecule has 0 aliphatic carbocycles. The van der Waals surface area contributed by atoms with Crippen LogP contribution in [0.2, 0.25) is 0 Å². The number of nitrogens with zero attached hydrogens (tertiary/aromatic N) is 1. The second-order valence-corrected chi connectivity index (χ2v) is 5.35. The maximum absolute atomic E-state index is 12.1. The van der Waals surface area contributed by atoms with E-state index in [2.05, 4.69) is 11.9 Å². The molecule has 0 amide bonds. The molecule has 0 radical (unpaired) electrons. The number of ether oxygens (including phenoxy) is 1. The fourth-order valence-electron chi connectivity index (χ4n) is 2.46. The maximum Gasteiger partial charge on any atom is 0.397 e. The van der Waals surface area contributed by atoms with Crippen LogP contribution in [0.5, 0.6) is 6.08 Å². The fraction of sp³-hybridized carbons (Fsp3) is 0.222. The molecule has 3 aromatic rings. The van der Waals surface area contributed by atoms with E-state index in [1.165, 1.54) is 0 Å². The molecule has 0 fully saturated rings. The molecule has 1 aromatic heterocycles. The lowest BCUT2D eigenvalue weighted by Crippen LogP contribution is -2.11. The predicted molar refractivity (Wildman–Crippen MR) is 89.4 cm³/mol. The summed E-state index contributed by atoms with van der Waals surface area (Å²) in [7, 11) is 0. The van der Waals surface area contributed by atoms with Gasteiger partial charge >= 0.3 is 11.7 Å². The summed E-state index contributed by atoms with van der Waals surface area (Å²) in [4.78, 5) is 16.3. The van der Waals surface area contributed by atoms with Gasteiger partial charge in [0, 0.05) is 5.69 Å². The third-order valence-electron chi connectivity index (χ3n) is 3.60. The molecule has 3 rings (SSSR count). The van der Waals surface area contributed by atoms with Crippen molar-refractivity contribution in [2.45, 2.75) is 25.9 Å². The summed E-state index contributed by atoms with van der Waals surface area (Å²) >= 11 is 0. The molecule has 1 unspecified atom stereocenters. The smallest absolute Gasteiger partial charge is 0.397 e. The van der Waals surface area contributed by atoms with Crippen molar-refractivity contribution in [1.29, 1.82) is 0 Å². The molecule has 0 bridgehead atoms. The van der Waals surface area contributed by atoms with E-state index in [1.807, 2.05) is 30.3 Å². The topological polar surface area (TPSA) is 78.4 Å². The van der Waals surface area contributed by atoms with Crippen LogP contribution in [0.3, 0.4) is 0 Å². The minimum Gasteiger partial charge on any atom is -0.442 e. The van der Waals surface area contributed by atoms with Crippen molar-refractivity contribution < 1.29 is 9.15 Å². The Hall–Kier alpha value is -2.82. The molecule has 1 heterocycles. The number of rotatable bonds is 5. The van der Waals surface area contributed by atoms with E-state index in [4.69, 9.17) is 14.9 Å². The van der Waals surface area contributed by atoms with E-state index < -0.39 is 5.63 Å². The summed E-state index contributed by atoms with van der Waals surface area (Å²) in [5.74, 6) is 0. The van der Waals surface area contributed by atoms with Crippen molar-refractivity contribution in [1.82, 2.24) is 4.98 Å². The standard InChI is InChI=1S/C18H18N2O3/c1-2-6-16(12-7-4-3-5-8-12)22-18-20-15-11-13(19)9-10-14(15)17(21)23-18/h3-5,7-11,16H,2,6,19H2,1H3. The first-order valence-electron chi connectivity index (χ1n) is 7.59. The van der Waals surface area contributed by atoms with Crippen LogP contribution < -0.4 is 16.1 Å². The van der Waals surface area contributed by atoms with E-state index in [0.29, 0.717) is 16.6 Å². The van der Waals surface area contributed by atoms with Gasteiger partial charge in [-0.3, -0.25) is 0 Å². The predicted octanol–water partition coefficient (Wildman–Crippen LogP) is 3.69. The molecule has 2 aromatic carbocycles. The lowest BCUT2D eigenvalue weighted by molar-refractivity contribution is 0.132. The molecular weight excluding hydrogens is 292 g/mol. The number of benzene rings is 2. The number of aromatic nitrogens is 1. The summed E-state index contributed by atoms with van der Waals surface area (Å²) in [6.45, 7) is 2.07. The highest BCUT2D eigenvalue weighted by Crippen LogP contribution is 2.25. The molecule has 5 nitrogen and oxygen atoms in total. The van der Waals surface area contributed by atoms with Gasteiger partial charge in [-0.05, 0) is 30.2 Å². The first-order chi connectivity index (χ1) is 11.2. The van der Waals surface area contributed by atoms with Crippen molar-refractivity contribution >= 4 is 16.6 Å². The zero-order valence-electron chi connectivity index (χ0n) is 12.9.